The molecule has 1 heterocycles. The van der Waals surface area contributed by atoms with Crippen LogP contribution >= 0.6 is 0 Å². The van der Waals surface area contributed by atoms with Crippen molar-refractivity contribution in [1.29, 1.82) is 0 Å². The summed E-state index contributed by atoms with van der Waals surface area (Å²) in [6.45, 7) is 4.34. The molecular formula is C23H30N2O9. The Kier molecular flexibility index (Phi) is 9.84. The van der Waals surface area contributed by atoms with Crippen molar-refractivity contribution < 1.29 is 43.3 Å². The number of cyclic esters (lactones) is 2. The highest BCUT2D eigenvalue weighted by molar-refractivity contribution is 6.01. The van der Waals surface area contributed by atoms with Crippen LogP contribution in [-0.2, 0) is 33.4 Å². The second-order valence-electron chi connectivity index (χ2n) is 8.13. The average molecular weight is 478 g/mol. The van der Waals surface area contributed by atoms with Gasteiger partial charge in [-0.15, -0.1) is 0 Å². The summed E-state index contributed by atoms with van der Waals surface area (Å²) in [5.41, 5.74) is -0.213. The molecule has 186 valence electrons. The summed E-state index contributed by atoms with van der Waals surface area (Å²) in [5.74, 6) is -4.75. The van der Waals surface area contributed by atoms with E-state index in [1.807, 2.05) is 6.92 Å². The van der Waals surface area contributed by atoms with Gasteiger partial charge in [-0.1, -0.05) is 39.7 Å². The molecule has 2 amide bonds. The maximum Gasteiger partial charge on any atom is 0.332 e. The largest absolute Gasteiger partial charge is 0.505 e. The van der Waals surface area contributed by atoms with Crippen LogP contribution in [0.2, 0.25) is 0 Å². The van der Waals surface area contributed by atoms with Crippen molar-refractivity contribution in [3.63, 3.8) is 0 Å². The predicted octanol–water partition coefficient (Wildman–Crippen LogP) is 1.53. The summed E-state index contributed by atoms with van der Waals surface area (Å²) in [4.78, 5) is 60.9. The zero-order valence-corrected chi connectivity index (χ0v) is 19.4. The molecule has 3 unspecified atom stereocenters. The molecule has 0 spiro atoms. The third-order valence-corrected chi connectivity index (χ3v) is 5.23. The van der Waals surface area contributed by atoms with Gasteiger partial charge >= 0.3 is 17.9 Å². The van der Waals surface area contributed by atoms with E-state index in [0.717, 1.165) is 6.42 Å². The monoisotopic (exact) mass is 478 g/mol. The van der Waals surface area contributed by atoms with Gasteiger partial charge in [-0.05, 0) is 18.6 Å². The Hall–Kier alpha value is -3.63. The number of para-hydroxylation sites is 1. The minimum atomic E-state index is -1.37. The van der Waals surface area contributed by atoms with E-state index in [9.17, 15) is 29.1 Å². The fraction of sp³-hybridized carbons (Fsp3) is 0.522. The van der Waals surface area contributed by atoms with Gasteiger partial charge in [0.05, 0.1) is 23.1 Å². The van der Waals surface area contributed by atoms with Crippen molar-refractivity contribution in [3.05, 3.63) is 23.8 Å². The van der Waals surface area contributed by atoms with Gasteiger partial charge in [-0.25, -0.2) is 4.79 Å². The van der Waals surface area contributed by atoms with Crippen LogP contribution in [0.1, 0.15) is 50.4 Å². The lowest BCUT2D eigenvalue weighted by Crippen LogP contribution is -2.45. The van der Waals surface area contributed by atoms with Crippen molar-refractivity contribution in [3.8, 4) is 5.75 Å². The Bertz CT molecular complexity index is 916. The highest BCUT2D eigenvalue weighted by Gasteiger charge is 2.38. The SMILES string of the molecule is CCCCC1C(=O)OCC(NC(=O)c2cccc(NC=O)c2O)C(=O)OCC1OC(=O)C(C)C. The zero-order valence-electron chi connectivity index (χ0n) is 19.4. The van der Waals surface area contributed by atoms with Crippen LogP contribution in [0.25, 0.3) is 0 Å². The standard InChI is InChI=1S/C23H30N2O9/c1-4-5-7-14-18(34-21(29)13(2)3)11-33-23(31)17(10-32-22(14)30)25-20(28)15-8-6-9-16(19(15)27)24-12-26/h6,8-9,12-14,17-18,27H,4-5,7,10-11H2,1-3H3,(H,24,26)(H,25,28). The third-order valence-electron chi connectivity index (χ3n) is 5.23. The molecule has 0 radical (unpaired) electrons. The number of anilines is 1. The van der Waals surface area contributed by atoms with Gasteiger partial charge in [-0.2, -0.15) is 0 Å². The highest BCUT2D eigenvalue weighted by atomic mass is 16.6. The van der Waals surface area contributed by atoms with Crippen LogP contribution in [0.4, 0.5) is 5.69 Å². The van der Waals surface area contributed by atoms with Crippen LogP contribution in [0.3, 0.4) is 0 Å². The van der Waals surface area contributed by atoms with Crippen molar-refractivity contribution in [2.24, 2.45) is 11.8 Å². The minimum absolute atomic E-state index is 0.000281. The van der Waals surface area contributed by atoms with Gasteiger partial charge in [0.15, 0.2) is 11.8 Å². The third kappa shape index (κ3) is 6.93. The van der Waals surface area contributed by atoms with Crippen LogP contribution in [-0.4, -0.2) is 60.7 Å². The molecule has 1 aliphatic heterocycles. The summed E-state index contributed by atoms with van der Waals surface area (Å²) < 4.78 is 16.0. The molecule has 0 aliphatic carbocycles. The average Bonchev–Trinajstić information content (AvgIpc) is 2.85. The molecule has 1 fully saturated rings. The predicted molar refractivity (Wildman–Crippen MR) is 119 cm³/mol. The van der Waals surface area contributed by atoms with E-state index in [-0.39, 0.29) is 17.9 Å². The molecule has 0 aromatic heterocycles. The molecule has 1 aliphatic rings. The van der Waals surface area contributed by atoms with Crippen molar-refractivity contribution in [2.45, 2.75) is 52.2 Å². The molecule has 11 heteroatoms. The highest BCUT2D eigenvalue weighted by Crippen LogP contribution is 2.27. The number of nitrogens with one attached hydrogen (secondary N) is 2. The molecular weight excluding hydrogens is 448 g/mol. The Balaban J connectivity index is 2.21. The zero-order chi connectivity index (χ0) is 25.3. The minimum Gasteiger partial charge on any atom is -0.505 e. The van der Waals surface area contributed by atoms with Gasteiger partial charge in [0, 0.05) is 0 Å². The molecule has 1 saturated heterocycles. The van der Waals surface area contributed by atoms with Crippen LogP contribution in [0, 0.1) is 11.8 Å². The molecule has 3 atom stereocenters. The number of esters is 3. The van der Waals surface area contributed by atoms with E-state index >= 15 is 0 Å². The first-order chi connectivity index (χ1) is 16.2. The molecule has 3 N–H and O–H groups in total. The number of phenols is 1. The van der Waals surface area contributed by atoms with Crippen LogP contribution in [0.15, 0.2) is 18.2 Å². The maximum absolute atomic E-state index is 12.8. The molecule has 2 rings (SSSR count). The Morgan fingerprint density at radius 2 is 1.91 bits per heavy atom. The normalized spacial score (nSPS) is 20.8. The summed E-state index contributed by atoms with van der Waals surface area (Å²) in [7, 11) is 0. The van der Waals surface area contributed by atoms with Gasteiger partial charge in [0.1, 0.15) is 19.3 Å². The molecule has 1 aromatic carbocycles. The topological polar surface area (TPSA) is 157 Å². The summed E-state index contributed by atoms with van der Waals surface area (Å²) in [6, 6.07) is 2.72. The van der Waals surface area contributed by atoms with Gasteiger partial charge in [0.25, 0.3) is 5.91 Å². The summed E-state index contributed by atoms with van der Waals surface area (Å²) >= 11 is 0. The number of carbonyl (C=O) groups is 5. The van der Waals surface area contributed by atoms with Gasteiger partial charge < -0.3 is 30.0 Å². The Morgan fingerprint density at radius 1 is 1.21 bits per heavy atom. The maximum atomic E-state index is 12.8. The first-order valence-corrected chi connectivity index (χ1v) is 11.1. The molecule has 1 aromatic rings. The van der Waals surface area contributed by atoms with E-state index in [4.69, 9.17) is 14.2 Å². The van der Waals surface area contributed by atoms with E-state index in [2.05, 4.69) is 10.6 Å². The lowest BCUT2D eigenvalue weighted by Gasteiger charge is -2.25. The van der Waals surface area contributed by atoms with Crippen LogP contribution < -0.4 is 10.6 Å². The second kappa shape index (κ2) is 12.6. The summed E-state index contributed by atoms with van der Waals surface area (Å²) in [6.07, 6.45) is 1.12. The number of hydrogen-bond donors (Lipinski definition) is 3. The first-order valence-electron chi connectivity index (χ1n) is 11.1. The smallest absolute Gasteiger partial charge is 0.332 e. The number of rotatable bonds is 9. The Labute approximate surface area is 197 Å². The number of carbonyl (C=O) groups excluding carboxylic acids is 5. The van der Waals surface area contributed by atoms with Crippen molar-refractivity contribution in [1.82, 2.24) is 5.32 Å². The fourth-order valence-corrected chi connectivity index (χ4v) is 3.25. The molecule has 34 heavy (non-hydrogen) atoms. The fourth-order valence-electron chi connectivity index (χ4n) is 3.25. The van der Waals surface area contributed by atoms with Crippen molar-refractivity contribution >= 4 is 35.9 Å². The second-order valence-corrected chi connectivity index (χ2v) is 8.13. The van der Waals surface area contributed by atoms with Crippen LogP contribution in [0.5, 0.6) is 5.75 Å². The van der Waals surface area contributed by atoms with Gasteiger partial charge in [0.2, 0.25) is 6.41 Å². The first kappa shape index (κ1) is 26.6. The molecule has 11 nitrogen and oxygen atoms in total. The molecule has 0 bridgehead atoms. The van der Waals surface area contributed by atoms with E-state index in [0.29, 0.717) is 19.3 Å². The van der Waals surface area contributed by atoms with Gasteiger partial charge in [-0.3, -0.25) is 19.2 Å². The lowest BCUT2D eigenvalue weighted by molar-refractivity contribution is -0.169. The van der Waals surface area contributed by atoms with E-state index < -0.39 is 60.2 Å². The number of hydrogen-bond acceptors (Lipinski definition) is 9. The number of phenolic OH excluding ortho intramolecular Hbond substituents is 1. The number of aromatic hydroxyl groups is 1. The van der Waals surface area contributed by atoms with E-state index in [1.54, 1.807) is 13.8 Å². The number of benzene rings is 1. The van der Waals surface area contributed by atoms with Crippen molar-refractivity contribution in [2.75, 3.05) is 18.5 Å². The number of ether oxygens (including phenoxy) is 3. The number of unbranched alkanes of at least 4 members (excludes halogenated alkanes) is 1. The lowest BCUT2D eigenvalue weighted by atomic mass is 9.96. The van der Waals surface area contributed by atoms with E-state index in [1.165, 1.54) is 18.2 Å². The summed E-state index contributed by atoms with van der Waals surface area (Å²) in [5, 5.41) is 14.8. The number of amides is 2. The quantitative estimate of drug-likeness (QED) is 0.207. The molecule has 0 saturated carbocycles. The Morgan fingerprint density at radius 3 is 2.56 bits per heavy atom.